The summed E-state index contributed by atoms with van der Waals surface area (Å²) in [7, 11) is 0. The molecule has 0 fully saturated rings. The van der Waals surface area contributed by atoms with Gasteiger partial charge in [-0.2, -0.15) is 13.2 Å². The first-order valence-corrected chi connectivity index (χ1v) is 4.20. The van der Waals surface area contributed by atoms with Gasteiger partial charge in [0.05, 0.1) is 6.42 Å². The van der Waals surface area contributed by atoms with Gasteiger partial charge in [-0.05, 0) is 5.56 Å². The molecule has 1 aromatic rings. The lowest BCUT2D eigenvalue weighted by molar-refractivity contribution is -0.264. The van der Waals surface area contributed by atoms with Gasteiger partial charge in [-0.3, -0.25) is 0 Å². The lowest BCUT2D eigenvalue weighted by atomic mass is 9.90. The summed E-state index contributed by atoms with van der Waals surface area (Å²) in [5.74, 6) is 1.84. The van der Waals surface area contributed by atoms with E-state index in [0.717, 1.165) is 0 Å². The van der Waals surface area contributed by atoms with Gasteiger partial charge in [-0.15, -0.1) is 12.3 Å². The Morgan fingerprint density at radius 1 is 1.20 bits per heavy atom. The second-order valence-corrected chi connectivity index (χ2v) is 3.10. The average molecular weight is 214 g/mol. The lowest BCUT2D eigenvalue weighted by Gasteiger charge is -2.29. The highest BCUT2D eigenvalue weighted by Crippen LogP contribution is 2.41. The molecule has 0 aliphatic carbocycles. The van der Waals surface area contributed by atoms with Crippen LogP contribution in [0, 0.1) is 12.3 Å². The van der Waals surface area contributed by atoms with Crippen LogP contribution in [0.2, 0.25) is 0 Å². The minimum atomic E-state index is -4.78. The molecule has 0 bridgehead atoms. The zero-order valence-corrected chi connectivity index (χ0v) is 7.75. The summed E-state index contributed by atoms with van der Waals surface area (Å²) < 4.78 is 37.9. The van der Waals surface area contributed by atoms with Gasteiger partial charge in [0.1, 0.15) is 0 Å². The number of benzene rings is 1. The molecule has 0 radical (unpaired) electrons. The van der Waals surface area contributed by atoms with Crippen molar-refractivity contribution in [2.45, 2.75) is 18.2 Å². The summed E-state index contributed by atoms with van der Waals surface area (Å²) in [4.78, 5) is 0. The van der Waals surface area contributed by atoms with Gasteiger partial charge in [-0.1, -0.05) is 30.3 Å². The molecular weight excluding hydrogens is 205 g/mol. The molecule has 0 unspecified atom stereocenters. The number of hydrogen-bond acceptors (Lipinski definition) is 1. The molecule has 1 atom stereocenters. The van der Waals surface area contributed by atoms with Crippen molar-refractivity contribution in [3.05, 3.63) is 35.9 Å². The highest BCUT2D eigenvalue weighted by Gasteiger charge is 2.54. The Bertz CT molecular complexity index is 364. The topological polar surface area (TPSA) is 20.2 Å². The fourth-order valence-corrected chi connectivity index (χ4v) is 1.23. The monoisotopic (exact) mass is 214 g/mol. The molecule has 4 heteroatoms. The molecule has 0 spiro atoms. The van der Waals surface area contributed by atoms with Crippen LogP contribution < -0.4 is 0 Å². The van der Waals surface area contributed by atoms with Crippen LogP contribution in [0.1, 0.15) is 12.0 Å². The van der Waals surface area contributed by atoms with Crippen LogP contribution >= 0.6 is 0 Å². The molecule has 0 amide bonds. The van der Waals surface area contributed by atoms with E-state index in [-0.39, 0.29) is 5.56 Å². The molecule has 0 aliphatic heterocycles. The van der Waals surface area contributed by atoms with E-state index in [1.54, 1.807) is 6.07 Å². The predicted octanol–water partition coefficient (Wildman–Crippen LogP) is 2.46. The molecule has 0 heterocycles. The lowest BCUT2D eigenvalue weighted by Crippen LogP contribution is -2.41. The van der Waals surface area contributed by atoms with Gasteiger partial charge >= 0.3 is 6.18 Å². The second kappa shape index (κ2) is 3.95. The normalized spacial score (nSPS) is 15.4. The number of aliphatic hydroxyl groups is 1. The van der Waals surface area contributed by atoms with E-state index in [1.165, 1.54) is 24.3 Å². The van der Waals surface area contributed by atoms with E-state index in [1.807, 2.05) is 5.92 Å². The number of rotatable bonds is 2. The maximum atomic E-state index is 12.6. The van der Waals surface area contributed by atoms with Crippen molar-refractivity contribution in [3.63, 3.8) is 0 Å². The average Bonchev–Trinajstić information content (AvgIpc) is 2.18. The molecule has 1 rings (SSSR count). The third-order valence-electron chi connectivity index (χ3n) is 2.08. The quantitative estimate of drug-likeness (QED) is 0.750. The van der Waals surface area contributed by atoms with E-state index in [4.69, 9.17) is 6.42 Å². The highest BCUT2D eigenvalue weighted by atomic mass is 19.4. The Hall–Kier alpha value is -1.47. The van der Waals surface area contributed by atoms with Gasteiger partial charge < -0.3 is 5.11 Å². The molecule has 0 saturated carbocycles. The Balaban J connectivity index is 3.20. The molecule has 15 heavy (non-hydrogen) atoms. The summed E-state index contributed by atoms with van der Waals surface area (Å²) in [6.45, 7) is 0. The molecule has 0 aliphatic rings. The predicted molar refractivity (Wildman–Crippen MR) is 49.8 cm³/mol. The SMILES string of the molecule is C#CC[C@@](O)(c1ccccc1)C(F)(F)F. The Morgan fingerprint density at radius 3 is 2.13 bits per heavy atom. The minimum Gasteiger partial charge on any atom is -0.376 e. The first-order valence-electron chi connectivity index (χ1n) is 4.20. The van der Waals surface area contributed by atoms with Crippen LogP contribution in [0.3, 0.4) is 0 Å². The Labute approximate surface area is 85.5 Å². The number of halogens is 3. The van der Waals surface area contributed by atoms with E-state index in [2.05, 4.69) is 0 Å². The van der Waals surface area contributed by atoms with Crippen molar-refractivity contribution in [1.29, 1.82) is 0 Å². The van der Waals surface area contributed by atoms with Gasteiger partial charge in [0, 0.05) is 0 Å². The van der Waals surface area contributed by atoms with Crippen molar-refractivity contribution >= 4 is 0 Å². The second-order valence-electron chi connectivity index (χ2n) is 3.10. The fraction of sp³-hybridized carbons (Fsp3) is 0.273. The van der Waals surface area contributed by atoms with E-state index < -0.39 is 18.2 Å². The fourth-order valence-electron chi connectivity index (χ4n) is 1.23. The summed E-state index contributed by atoms with van der Waals surface area (Å²) >= 11 is 0. The van der Waals surface area contributed by atoms with Crippen LogP contribution in [0.25, 0.3) is 0 Å². The van der Waals surface area contributed by atoms with E-state index in [9.17, 15) is 18.3 Å². The molecule has 0 aromatic heterocycles. The molecule has 1 aromatic carbocycles. The summed E-state index contributed by atoms with van der Waals surface area (Å²) in [6.07, 6.45) is -0.730. The maximum absolute atomic E-state index is 12.6. The van der Waals surface area contributed by atoms with Crippen molar-refractivity contribution in [3.8, 4) is 12.3 Å². The van der Waals surface area contributed by atoms with Gasteiger partial charge in [-0.25, -0.2) is 0 Å². The third-order valence-corrected chi connectivity index (χ3v) is 2.08. The van der Waals surface area contributed by atoms with Crippen molar-refractivity contribution in [2.75, 3.05) is 0 Å². The molecule has 1 N–H and O–H groups in total. The van der Waals surface area contributed by atoms with Gasteiger partial charge in [0.15, 0.2) is 5.60 Å². The van der Waals surface area contributed by atoms with Crippen molar-refractivity contribution in [1.82, 2.24) is 0 Å². The van der Waals surface area contributed by atoms with Crippen molar-refractivity contribution < 1.29 is 18.3 Å². The van der Waals surface area contributed by atoms with Gasteiger partial charge in [0.2, 0.25) is 0 Å². The van der Waals surface area contributed by atoms with Crippen LogP contribution in [-0.4, -0.2) is 11.3 Å². The molecule has 80 valence electrons. The van der Waals surface area contributed by atoms with Crippen LogP contribution in [-0.2, 0) is 5.60 Å². The summed E-state index contributed by atoms with van der Waals surface area (Å²) in [5, 5.41) is 9.55. The largest absolute Gasteiger partial charge is 0.422 e. The van der Waals surface area contributed by atoms with E-state index in [0.29, 0.717) is 0 Å². The summed E-state index contributed by atoms with van der Waals surface area (Å²) in [6, 6.07) is 6.80. The molecule has 0 saturated heterocycles. The smallest absolute Gasteiger partial charge is 0.376 e. The highest BCUT2D eigenvalue weighted by molar-refractivity contribution is 5.25. The van der Waals surface area contributed by atoms with Gasteiger partial charge in [0.25, 0.3) is 0 Å². The van der Waals surface area contributed by atoms with Crippen LogP contribution in [0.4, 0.5) is 13.2 Å². The number of terminal acetylenes is 1. The van der Waals surface area contributed by atoms with Crippen LogP contribution in [0.5, 0.6) is 0 Å². The first kappa shape index (κ1) is 11.6. The first-order chi connectivity index (χ1) is 6.92. The molecule has 1 nitrogen and oxygen atoms in total. The number of hydrogen-bond donors (Lipinski definition) is 1. The van der Waals surface area contributed by atoms with Crippen molar-refractivity contribution in [2.24, 2.45) is 0 Å². The van der Waals surface area contributed by atoms with E-state index >= 15 is 0 Å². The third kappa shape index (κ3) is 2.13. The zero-order chi connectivity index (χ0) is 11.5. The standard InChI is InChI=1S/C11H9F3O/c1-2-8-10(15,11(12,13)14)9-6-4-3-5-7-9/h1,3-7,15H,8H2/t10-/m1/s1. The summed E-state index contributed by atoms with van der Waals surface area (Å²) in [5.41, 5.74) is -3.20. The van der Waals surface area contributed by atoms with Crippen LogP contribution in [0.15, 0.2) is 30.3 Å². The zero-order valence-electron chi connectivity index (χ0n) is 7.75. The minimum absolute atomic E-state index is 0.240. The molecular formula is C11H9F3O. The Kier molecular flexibility index (Phi) is 3.06. The Morgan fingerprint density at radius 2 is 1.73 bits per heavy atom. The number of alkyl halides is 3. The maximum Gasteiger partial charge on any atom is 0.422 e.